The Bertz CT molecular complexity index is 768. The third-order valence-corrected chi connectivity index (χ3v) is 5.27. The third-order valence-electron chi connectivity index (χ3n) is 5.27. The van der Waals surface area contributed by atoms with Crippen LogP contribution in [0.1, 0.15) is 37.8 Å². The van der Waals surface area contributed by atoms with E-state index in [-0.39, 0.29) is 23.9 Å². The normalized spacial score (nSPS) is 14.8. The Labute approximate surface area is 173 Å². The Morgan fingerprint density at radius 1 is 1.07 bits per heavy atom. The van der Waals surface area contributed by atoms with Gasteiger partial charge >= 0.3 is 0 Å². The molecule has 1 aliphatic rings. The lowest BCUT2D eigenvalue weighted by Gasteiger charge is -2.35. The van der Waals surface area contributed by atoms with Crippen molar-refractivity contribution in [3.63, 3.8) is 0 Å². The van der Waals surface area contributed by atoms with Gasteiger partial charge in [-0.3, -0.25) is 4.79 Å². The highest BCUT2D eigenvalue weighted by Gasteiger charge is 2.25. The first kappa shape index (κ1) is 21.3. The van der Waals surface area contributed by atoms with Crippen LogP contribution < -0.4 is 10.1 Å². The first-order valence-electron chi connectivity index (χ1n) is 10.5. The van der Waals surface area contributed by atoms with Crippen LogP contribution in [0.15, 0.2) is 48.5 Å². The molecule has 1 saturated heterocycles. The molecule has 2 aromatic rings. The number of benzene rings is 2. The number of nitrogens with zero attached hydrogens (tertiary/aromatic N) is 1. The molecule has 4 nitrogen and oxygen atoms in total. The van der Waals surface area contributed by atoms with E-state index in [0.717, 1.165) is 49.2 Å². The second-order valence-electron chi connectivity index (χ2n) is 7.93. The van der Waals surface area contributed by atoms with Crippen LogP contribution in [0.25, 0.3) is 0 Å². The van der Waals surface area contributed by atoms with E-state index in [9.17, 15) is 9.18 Å². The molecule has 0 aromatic heterocycles. The molecule has 0 unspecified atom stereocenters. The van der Waals surface area contributed by atoms with Crippen LogP contribution in [0, 0.1) is 5.82 Å². The van der Waals surface area contributed by atoms with E-state index < -0.39 is 0 Å². The Hall–Kier alpha value is -2.40. The van der Waals surface area contributed by atoms with E-state index in [2.05, 4.69) is 5.32 Å². The Morgan fingerprint density at radius 3 is 2.31 bits per heavy atom. The fraction of sp³-hybridized carbons (Fsp3) is 0.458. The van der Waals surface area contributed by atoms with Gasteiger partial charge in [-0.05, 0) is 81.6 Å². The summed E-state index contributed by atoms with van der Waals surface area (Å²) in [5.74, 6) is 0.740. The summed E-state index contributed by atoms with van der Waals surface area (Å²) in [4.78, 5) is 15.2. The number of rotatable bonds is 8. The SMILES string of the molecule is CC(C)Oc1ccc(CC(=O)N(CCc2ccc(F)cc2)C2CCNCC2)cc1. The number of hydrogen-bond acceptors (Lipinski definition) is 3. The predicted octanol–water partition coefficient (Wildman–Crippen LogP) is 3.98. The molecule has 1 aliphatic heterocycles. The predicted molar refractivity (Wildman–Crippen MR) is 114 cm³/mol. The van der Waals surface area contributed by atoms with Gasteiger partial charge in [0.2, 0.25) is 5.91 Å². The second-order valence-corrected chi connectivity index (χ2v) is 7.93. The van der Waals surface area contributed by atoms with Crippen molar-refractivity contribution in [1.82, 2.24) is 10.2 Å². The molecule has 1 fully saturated rings. The zero-order chi connectivity index (χ0) is 20.6. The summed E-state index contributed by atoms with van der Waals surface area (Å²) >= 11 is 0. The summed E-state index contributed by atoms with van der Waals surface area (Å²) in [6.07, 6.45) is 3.18. The minimum Gasteiger partial charge on any atom is -0.491 e. The van der Waals surface area contributed by atoms with Crippen molar-refractivity contribution in [2.24, 2.45) is 0 Å². The third kappa shape index (κ3) is 6.57. The number of piperidine rings is 1. The molecule has 0 bridgehead atoms. The molecule has 3 rings (SSSR count). The van der Waals surface area contributed by atoms with Gasteiger partial charge in [-0.2, -0.15) is 0 Å². The largest absolute Gasteiger partial charge is 0.491 e. The first-order valence-corrected chi connectivity index (χ1v) is 10.5. The molecule has 5 heteroatoms. The van der Waals surface area contributed by atoms with Gasteiger partial charge in [0.05, 0.1) is 12.5 Å². The van der Waals surface area contributed by atoms with Gasteiger partial charge in [-0.25, -0.2) is 4.39 Å². The van der Waals surface area contributed by atoms with Gasteiger partial charge in [-0.15, -0.1) is 0 Å². The average molecular weight is 399 g/mol. The van der Waals surface area contributed by atoms with Crippen molar-refractivity contribution >= 4 is 5.91 Å². The highest BCUT2D eigenvalue weighted by molar-refractivity contribution is 5.79. The van der Waals surface area contributed by atoms with E-state index >= 15 is 0 Å². The monoisotopic (exact) mass is 398 g/mol. The lowest BCUT2D eigenvalue weighted by Crippen LogP contribution is -2.47. The van der Waals surface area contributed by atoms with Gasteiger partial charge in [0.1, 0.15) is 11.6 Å². The van der Waals surface area contributed by atoms with Crippen molar-refractivity contribution in [2.75, 3.05) is 19.6 Å². The van der Waals surface area contributed by atoms with Crippen molar-refractivity contribution in [2.45, 2.75) is 51.7 Å². The molecule has 0 atom stereocenters. The molecule has 156 valence electrons. The van der Waals surface area contributed by atoms with E-state index in [0.29, 0.717) is 13.0 Å². The van der Waals surface area contributed by atoms with E-state index in [1.807, 2.05) is 43.0 Å². The van der Waals surface area contributed by atoms with Gasteiger partial charge < -0.3 is 15.0 Å². The molecule has 0 saturated carbocycles. The van der Waals surface area contributed by atoms with Crippen molar-refractivity contribution in [1.29, 1.82) is 0 Å². The molecule has 1 N–H and O–H groups in total. The molecule has 1 amide bonds. The van der Waals surface area contributed by atoms with Gasteiger partial charge in [0, 0.05) is 12.6 Å². The minimum atomic E-state index is -0.232. The summed E-state index contributed by atoms with van der Waals surface area (Å²) in [5, 5.41) is 3.37. The highest BCUT2D eigenvalue weighted by atomic mass is 19.1. The molecule has 2 aromatic carbocycles. The van der Waals surface area contributed by atoms with Crippen LogP contribution in [0.4, 0.5) is 4.39 Å². The number of amides is 1. The van der Waals surface area contributed by atoms with E-state index in [4.69, 9.17) is 4.74 Å². The number of carbonyl (C=O) groups excluding carboxylic acids is 1. The van der Waals surface area contributed by atoms with Crippen molar-refractivity contribution in [3.8, 4) is 5.75 Å². The number of ether oxygens (including phenoxy) is 1. The Morgan fingerprint density at radius 2 is 1.69 bits per heavy atom. The van der Waals surface area contributed by atoms with Crippen LogP contribution in [0.2, 0.25) is 0 Å². The lowest BCUT2D eigenvalue weighted by atomic mass is 10.0. The molecule has 0 radical (unpaired) electrons. The van der Waals surface area contributed by atoms with Crippen molar-refractivity contribution < 1.29 is 13.9 Å². The van der Waals surface area contributed by atoms with Gasteiger partial charge in [-0.1, -0.05) is 24.3 Å². The summed E-state index contributed by atoms with van der Waals surface area (Å²) in [7, 11) is 0. The number of halogens is 1. The molecular formula is C24H31FN2O2. The van der Waals surface area contributed by atoms with Gasteiger partial charge in [0.15, 0.2) is 0 Å². The minimum absolute atomic E-state index is 0.129. The fourth-order valence-electron chi connectivity index (χ4n) is 3.76. The second kappa shape index (κ2) is 10.4. The maximum Gasteiger partial charge on any atom is 0.227 e. The summed E-state index contributed by atoms with van der Waals surface area (Å²) in [6, 6.07) is 14.6. The lowest BCUT2D eigenvalue weighted by molar-refractivity contribution is -0.133. The smallest absolute Gasteiger partial charge is 0.227 e. The maximum atomic E-state index is 13.2. The molecule has 1 heterocycles. The van der Waals surface area contributed by atoms with Crippen LogP contribution in [0.5, 0.6) is 5.75 Å². The quantitative estimate of drug-likeness (QED) is 0.731. The topological polar surface area (TPSA) is 41.6 Å². The van der Waals surface area contributed by atoms with Gasteiger partial charge in [0.25, 0.3) is 0 Å². The number of nitrogens with one attached hydrogen (secondary N) is 1. The van der Waals surface area contributed by atoms with E-state index in [1.54, 1.807) is 12.1 Å². The summed E-state index contributed by atoms with van der Waals surface area (Å²) in [5.41, 5.74) is 2.04. The Kier molecular flexibility index (Phi) is 7.64. The maximum absolute atomic E-state index is 13.2. The fourth-order valence-corrected chi connectivity index (χ4v) is 3.76. The highest BCUT2D eigenvalue weighted by Crippen LogP contribution is 2.18. The van der Waals surface area contributed by atoms with Crippen molar-refractivity contribution in [3.05, 3.63) is 65.5 Å². The molecular weight excluding hydrogens is 367 g/mol. The summed E-state index contributed by atoms with van der Waals surface area (Å²) in [6.45, 7) is 6.52. The standard InChI is InChI=1S/C24H31FN2O2/c1-18(2)29-23-9-5-20(6-10-23)17-24(28)27(22-11-14-26-15-12-22)16-13-19-3-7-21(25)8-4-19/h3-10,18,22,26H,11-17H2,1-2H3. The first-order chi connectivity index (χ1) is 14.0. The van der Waals surface area contributed by atoms with E-state index in [1.165, 1.54) is 12.1 Å². The zero-order valence-corrected chi connectivity index (χ0v) is 17.4. The number of hydrogen-bond donors (Lipinski definition) is 1. The zero-order valence-electron chi connectivity index (χ0n) is 17.4. The number of carbonyl (C=O) groups is 1. The van der Waals surface area contributed by atoms with Crippen LogP contribution in [0.3, 0.4) is 0 Å². The molecule has 29 heavy (non-hydrogen) atoms. The van der Waals surface area contributed by atoms with Crippen LogP contribution >= 0.6 is 0 Å². The molecule has 0 spiro atoms. The molecule has 0 aliphatic carbocycles. The Balaban J connectivity index is 1.65. The summed E-state index contributed by atoms with van der Waals surface area (Å²) < 4.78 is 18.8. The van der Waals surface area contributed by atoms with Crippen LogP contribution in [-0.2, 0) is 17.6 Å². The van der Waals surface area contributed by atoms with Crippen LogP contribution in [-0.4, -0.2) is 42.6 Å². The average Bonchev–Trinajstić information content (AvgIpc) is 2.71.